The van der Waals surface area contributed by atoms with Crippen LogP contribution >= 0.6 is 11.8 Å². The first-order chi connectivity index (χ1) is 14.5. The van der Waals surface area contributed by atoms with E-state index in [1.54, 1.807) is 22.4 Å². The molecule has 2 heterocycles. The largest absolute Gasteiger partial charge is 0.419 e. The average molecular weight is 423 g/mol. The summed E-state index contributed by atoms with van der Waals surface area (Å²) in [6.07, 6.45) is 0.770. The second-order valence-electron chi connectivity index (χ2n) is 6.79. The van der Waals surface area contributed by atoms with Gasteiger partial charge in [-0.1, -0.05) is 30.0 Å². The lowest BCUT2D eigenvalue weighted by atomic mass is 10.2. The van der Waals surface area contributed by atoms with Crippen LogP contribution in [-0.4, -0.2) is 31.0 Å². The second kappa shape index (κ2) is 8.58. The van der Waals surface area contributed by atoms with Crippen molar-refractivity contribution < 1.29 is 9.21 Å². The number of carbonyl (C=O) groups is 1. The van der Waals surface area contributed by atoms with Crippen molar-refractivity contribution in [2.45, 2.75) is 32.0 Å². The van der Waals surface area contributed by atoms with E-state index in [-0.39, 0.29) is 11.7 Å². The predicted octanol–water partition coefficient (Wildman–Crippen LogP) is 3.62. The molecule has 0 unspecified atom stereocenters. The number of hydrogen-bond donors (Lipinski definition) is 1. The Morgan fingerprint density at radius 1 is 1.17 bits per heavy atom. The number of carbonyl (C=O) groups excluding carboxylic acids is 1. The van der Waals surface area contributed by atoms with Crippen molar-refractivity contribution in [3.8, 4) is 5.69 Å². The average Bonchev–Trinajstić information content (AvgIpc) is 3.24. The molecule has 0 saturated heterocycles. The van der Waals surface area contributed by atoms with Gasteiger partial charge in [0.05, 0.1) is 11.2 Å². The van der Waals surface area contributed by atoms with Crippen LogP contribution in [0.2, 0.25) is 0 Å². The predicted molar refractivity (Wildman–Crippen MR) is 116 cm³/mol. The van der Waals surface area contributed by atoms with Gasteiger partial charge in [0, 0.05) is 24.9 Å². The van der Waals surface area contributed by atoms with E-state index in [1.807, 2.05) is 54.0 Å². The highest BCUT2D eigenvalue weighted by Gasteiger charge is 2.13. The summed E-state index contributed by atoms with van der Waals surface area (Å²) in [6.45, 7) is 3.93. The summed E-state index contributed by atoms with van der Waals surface area (Å²) in [4.78, 5) is 23.4. The van der Waals surface area contributed by atoms with Crippen LogP contribution in [0, 0.1) is 6.92 Å². The van der Waals surface area contributed by atoms with Crippen molar-refractivity contribution >= 4 is 34.5 Å². The number of amides is 1. The molecule has 0 spiro atoms. The Hall–Kier alpha value is -3.33. The molecule has 0 fully saturated rings. The number of oxazole rings is 1. The fourth-order valence-corrected chi connectivity index (χ4v) is 4.19. The summed E-state index contributed by atoms with van der Waals surface area (Å²) in [5, 5.41) is 12.0. The number of aromatic nitrogens is 4. The van der Waals surface area contributed by atoms with E-state index in [4.69, 9.17) is 4.42 Å². The number of benzene rings is 2. The van der Waals surface area contributed by atoms with Crippen LogP contribution in [0.25, 0.3) is 16.8 Å². The maximum absolute atomic E-state index is 12.1. The molecule has 4 rings (SSSR count). The molecule has 0 radical (unpaired) electrons. The summed E-state index contributed by atoms with van der Waals surface area (Å²) in [5.74, 6) is 1.06. The lowest BCUT2D eigenvalue weighted by Crippen LogP contribution is -2.14. The summed E-state index contributed by atoms with van der Waals surface area (Å²) >= 11 is 1.57. The first-order valence-electron chi connectivity index (χ1n) is 9.54. The van der Waals surface area contributed by atoms with Gasteiger partial charge in [0.25, 0.3) is 0 Å². The van der Waals surface area contributed by atoms with Crippen molar-refractivity contribution in [1.82, 2.24) is 19.3 Å². The molecule has 0 bridgehead atoms. The summed E-state index contributed by atoms with van der Waals surface area (Å²) in [5.41, 5.74) is 3.00. The minimum absolute atomic E-state index is 0.121. The first-order valence-corrected chi connectivity index (χ1v) is 10.5. The topological polar surface area (TPSA) is 95.0 Å². The standard InChI is InChI=1S/C21H21N5O3S/c1-14-23-24-20(26(14)17-8-5-7-16(13-17)22-15(2)27)30-12-6-11-25-18-9-3-4-10-19(18)29-21(25)28/h3-5,7-10,13H,6,11-12H2,1-2H3,(H,22,27). The van der Waals surface area contributed by atoms with E-state index in [1.165, 1.54) is 6.92 Å². The number of hydrogen-bond acceptors (Lipinski definition) is 6. The smallest absolute Gasteiger partial charge is 0.408 e. The van der Waals surface area contributed by atoms with Crippen molar-refractivity contribution in [2.75, 3.05) is 11.1 Å². The number of para-hydroxylation sites is 2. The van der Waals surface area contributed by atoms with E-state index in [0.717, 1.165) is 40.0 Å². The molecular formula is C21H21N5O3S. The highest BCUT2D eigenvalue weighted by atomic mass is 32.2. The Kier molecular flexibility index (Phi) is 5.71. The van der Waals surface area contributed by atoms with Gasteiger partial charge in [-0.15, -0.1) is 10.2 Å². The number of nitrogens with one attached hydrogen (secondary N) is 1. The van der Waals surface area contributed by atoms with Gasteiger partial charge in [-0.2, -0.15) is 0 Å². The fourth-order valence-electron chi connectivity index (χ4n) is 3.27. The molecule has 4 aromatic rings. The lowest BCUT2D eigenvalue weighted by Gasteiger charge is -2.10. The third-order valence-electron chi connectivity index (χ3n) is 4.55. The lowest BCUT2D eigenvalue weighted by molar-refractivity contribution is -0.114. The van der Waals surface area contributed by atoms with Crippen LogP contribution in [0.15, 0.2) is 62.9 Å². The summed E-state index contributed by atoms with van der Waals surface area (Å²) < 4.78 is 8.89. The third kappa shape index (κ3) is 4.16. The maximum Gasteiger partial charge on any atom is 0.419 e. The molecule has 30 heavy (non-hydrogen) atoms. The fraction of sp³-hybridized carbons (Fsp3) is 0.238. The molecule has 2 aromatic carbocycles. The van der Waals surface area contributed by atoms with Gasteiger partial charge < -0.3 is 9.73 Å². The molecule has 0 aliphatic rings. The molecule has 154 valence electrons. The van der Waals surface area contributed by atoms with Gasteiger partial charge in [-0.3, -0.25) is 13.9 Å². The second-order valence-corrected chi connectivity index (χ2v) is 7.85. The van der Waals surface area contributed by atoms with Gasteiger partial charge in [-0.25, -0.2) is 4.79 Å². The van der Waals surface area contributed by atoms with Gasteiger partial charge >= 0.3 is 5.76 Å². The minimum atomic E-state index is -0.338. The van der Waals surface area contributed by atoms with Crippen molar-refractivity contribution in [3.05, 3.63) is 64.9 Å². The summed E-state index contributed by atoms with van der Waals surface area (Å²) in [7, 11) is 0. The van der Waals surface area contributed by atoms with Crippen LogP contribution < -0.4 is 11.1 Å². The zero-order chi connectivity index (χ0) is 21.1. The number of thioether (sulfide) groups is 1. The maximum atomic E-state index is 12.1. The Bertz CT molecular complexity index is 1260. The van der Waals surface area contributed by atoms with Crippen molar-refractivity contribution in [3.63, 3.8) is 0 Å². The number of fused-ring (bicyclic) bond motifs is 1. The molecule has 9 heteroatoms. The molecule has 0 saturated carbocycles. The molecule has 2 aromatic heterocycles. The molecule has 0 atom stereocenters. The number of rotatable bonds is 7. The minimum Gasteiger partial charge on any atom is -0.408 e. The molecule has 0 aliphatic carbocycles. The van der Waals surface area contributed by atoms with E-state index >= 15 is 0 Å². The number of anilines is 1. The highest BCUT2D eigenvalue weighted by molar-refractivity contribution is 7.99. The van der Waals surface area contributed by atoms with Gasteiger partial charge in [-0.05, 0) is 43.7 Å². The number of nitrogens with zero attached hydrogens (tertiary/aromatic N) is 4. The molecule has 1 amide bonds. The number of aryl methyl sites for hydroxylation is 2. The first kappa shape index (κ1) is 20.0. The molecule has 0 aliphatic heterocycles. The normalized spacial score (nSPS) is 11.1. The van der Waals surface area contributed by atoms with Gasteiger partial charge in [0.2, 0.25) is 5.91 Å². The van der Waals surface area contributed by atoms with Crippen LogP contribution in [0.4, 0.5) is 5.69 Å². The monoisotopic (exact) mass is 423 g/mol. The summed E-state index contributed by atoms with van der Waals surface area (Å²) in [6, 6.07) is 15.0. The van der Waals surface area contributed by atoms with Crippen LogP contribution in [0.1, 0.15) is 19.2 Å². The Balaban J connectivity index is 1.46. The van der Waals surface area contributed by atoms with Crippen LogP contribution in [0.3, 0.4) is 0 Å². The quantitative estimate of drug-likeness (QED) is 0.360. The van der Waals surface area contributed by atoms with Crippen LogP contribution in [-0.2, 0) is 11.3 Å². The van der Waals surface area contributed by atoms with E-state index in [9.17, 15) is 9.59 Å². The SMILES string of the molecule is CC(=O)Nc1cccc(-n2c(C)nnc2SCCCn2c(=O)oc3ccccc32)c1. The van der Waals surface area contributed by atoms with Crippen molar-refractivity contribution in [1.29, 1.82) is 0 Å². The zero-order valence-corrected chi connectivity index (χ0v) is 17.5. The van der Waals surface area contributed by atoms with Crippen molar-refractivity contribution in [2.24, 2.45) is 0 Å². The van der Waals surface area contributed by atoms with Gasteiger partial charge in [0.1, 0.15) is 5.82 Å². The molecular weight excluding hydrogens is 402 g/mol. The highest BCUT2D eigenvalue weighted by Crippen LogP contribution is 2.24. The van der Waals surface area contributed by atoms with E-state index < -0.39 is 0 Å². The Morgan fingerprint density at radius 3 is 2.83 bits per heavy atom. The van der Waals surface area contributed by atoms with E-state index in [2.05, 4.69) is 15.5 Å². The van der Waals surface area contributed by atoms with Crippen LogP contribution in [0.5, 0.6) is 0 Å². The molecule has 8 nitrogen and oxygen atoms in total. The molecule has 1 N–H and O–H groups in total. The van der Waals surface area contributed by atoms with Gasteiger partial charge in [0.15, 0.2) is 10.7 Å². The van der Waals surface area contributed by atoms with E-state index in [0.29, 0.717) is 12.1 Å². The third-order valence-corrected chi connectivity index (χ3v) is 5.57. The zero-order valence-electron chi connectivity index (χ0n) is 16.7. The Labute approximate surface area is 176 Å². The Morgan fingerprint density at radius 2 is 2.00 bits per heavy atom.